The normalized spacial score (nSPS) is 12.5. The third kappa shape index (κ3) is 4.70. The molecule has 0 rings (SSSR count). The Labute approximate surface area is 75.6 Å². The maximum Gasteiger partial charge on any atom is 0.101 e. The minimum Gasteiger partial charge on any atom is -0.369 e. The SMILES string of the molecule is CCOCN(COC)C(C)(C)C. The molecular formula is C9H21NO2. The van der Waals surface area contributed by atoms with Crippen molar-refractivity contribution in [2.45, 2.75) is 33.2 Å². The summed E-state index contributed by atoms with van der Waals surface area (Å²) in [6, 6.07) is 0. The molecule has 3 nitrogen and oxygen atoms in total. The Morgan fingerprint density at radius 3 is 2.08 bits per heavy atom. The molecule has 0 heterocycles. The Morgan fingerprint density at radius 2 is 1.75 bits per heavy atom. The van der Waals surface area contributed by atoms with Gasteiger partial charge in [0.25, 0.3) is 0 Å². The van der Waals surface area contributed by atoms with Crippen LogP contribution in [0.3, 0.4) is 0 Å². The molecule has 0 atom stereocenters. The highest BCUT2D eigenvalue weighted by atomic mass is 16.5. The Kier molecular flexibility index (Phi) is 5.46. The molecule has 0 radical (unpaired) electrons. The largest absolute Gasteiger partial charge is 0.369 e. The smallest absolute Gasteiger partial charge is 0.101 e. The summed E-state index contributed by atoms with van der Waals surface area (Å²) in [5, 5.41) is 0. The molecule has 74 valence electrons. The van der Waals surface area contributed by atoms with E-state index in [0.717, 1.165) is 6.61 Å². The van der Waals surface area contributed by atoms with Gasteiger partial charge in [-0.25, -0.2) is 0 Å². The summed E-state index contributed by atoms with van der Waals surface area (Å²) < 4.78 is 10.4. The van der Waals surface area contributed by atoms with Crippen LogP contribution >= 0.6 is 0 Å². The van der Waals surface area contributed by atoms with Crippen LogP contribution in [0.1, 0.15) is 27.7 Å². The van der Waals surface area contributed by atoms with Crippen molar-refractivity contribution in [3.8, 4) is 0 Å². The second-order valence-corrected chi connectivity index (χ2v) is 3.75. The van der Waals surface area contributed by atoms with Crippen LogP contribution in [-0.4, -0.2) is 37.6 Å². The van der Waals surface area contributed by atoms with Gasteiger partial charge in [0.05, 0.1) is 0 Å². The van der Waals surface area contributed by atoms with Gasteiger partial charge in [0.15, 0.2) is 0 Å². The number of rotatable bonds is 5. The van der Waals surface area contributed by atoms with E-state index in [-0.39, 0.29) is 5.54 Å². The van der Waals surface area contributed by atoms with E-state index in [4.69, 9.17) is 9.47 Å². The average molecular weight is 175 g/mol. The van der Waals surface area contributed by atoms with Gasteiger partial charge in [0.1, 0.15) is 13.5 Å². The van der Waals surface area contributed by atoms with E-state index in [0.29, 0.717) is 13.5 Å². The van der Waals surface area contributed by atoms with Crippen LogP contribution in [-0.2, 0) is 9.47 Å². The maximum absolute atomic E-state index is 5.32. The molecule has 12 heavy (non-hydrogen) atoms. The predicted octanol–water partition coefficient (Wildman–Crippen LogP) is 1.68. The third-order valence-corrected chi connectivity index (χ3v) is 1.68. The second-order valence-electron chi connectivity index (χ2n) is 3.75. The molecule has 0 aliphatic heterocycles. The number of hydrogen-bond acceptors (Lipinski definition) is 3. The van der Waals surface area contributed by atoms with Crippen LogP contribution in [0.2, 0.25) is 0 Å². The van der Waals surface area contributed by atoms with Crippen molar-refractivity contribution >= 4 is 0 Å². The van der Waals surface area contributed by atoms with Crippen molar-refractivity contribution in [2.24, 2.45) is 0 Å². The van der Waals surface area contributed by atoms with Crippen LogP contribution in [0.4, 0.5) is 0 Å². The molecule has 0 bridgehead atoms. The van der Waals surface area contributed by atoms with Crippen molar-refractivity contribution in [1.29, 1.82) is 0 Å². The van der Waals surface area contributed by atoms with Gasteiger partial charge < -0.3 is 9.47 Å². The van der Waals surface area contributed by atoms with E-state index in [9.17, 15) is 0 Å². The summed E-state index contributed by atoms with van der Waals surface area (Å²) in [6.07, 6.45) is 0. The van der Waals surface area contributed by atoms with E-state index in [1.807, 2.05) is 6.92 Å². The van der Waals surface area contributed by atoms with Crippen molar-refractivity contribution in [2.75, 3.05) is 27.2 Å². The summed E-state index contributed by atoms with van der Waals surface area (Å²) in [6.45, 7) is 10.4. The number of ether oxygens (including phenoxy) is 2. The Balaban J connectivity index is 3.86. The number of nitrogens with zero attached hydrogens (tertiary/aromatic N) is 1. The summed E-state index contributed by atoms with van der Waals surface area (Å²) >= 11 is 0. The molecule has 0 aromatic heterocycles. The van der Waals surface area contributed by atoms with Gasteiger partial charge in [-0.15, -0.1) is 0 Å². The fraction of sp³-hybridized carbons (Fsp3) is 1.00. The minimum absolute atomic E-state index is 0.102. The average Bonchev–Trinajstić information content (AvgIpc) is 1.95. The highest BCUT2D eigenvalue weighted by molar-refractivity contribution is 4.71. The molecule has 0 spiro atoms. The van der Waals surface area contributed by atoms with E-state index in [1.54, 1.807) is 7.11 Å². The first-order chi connectivity index (χ1) is 5.52. The molecule has 0 saturated heterocycles. The Morgan fingerprint density at radius 1 is 1.17 bits per heavy atom. The summed E-state index contributed by atoms with van der Waals surface area (Å²) in [7, 11) is 1.70. The minimum atomic E-state index is 0.102. The first-order valence-electron chi connectivity index (χ1n) is 4.34. The van der Waals surface area contributed by atoms with Crippen molar-refractivity contribution < 1.29 is 9.47 Å². The summed E-state index contributed by atoms with van der Waals surface area (Å²) in [5.41, 5.74) is 0.102. The highest BCUT2D eigenvalue weighted by Gasteiger charge is 2.20. The van der Waals surface area contributed by atoms with E-state index in [1.165, 1.54) is 0 Å². The zero-order chi connectivity index (χ0) is 9.61. The number of methoxy groups -OCH3 is 1. The molecule has 0 aliphatic carbocycles. The zero-order valence-electron chi connectivity index (χ0n) is 8.89. The summed E-state index contributed by atoms with van der Waals surface area (Å²) in [5.74, 6) is 0. The molecule has 0 fully saturated rings. The first-order valence-corrected chi connectivity index (χ1v) is 4.34. The third-order valence-electron chi connectivity index (χ3n) is 1.68. The molecule has 0 aliphatic rings. The molecule has 0 N–H and O–H groups in total. The molecule has 0 amide bonds. The fourth-order valence-corrected chi connectivity index (χ4v) is 0.782. The monoisotopic (exact) mass is 175 g/mol. The highest BCUT2D eigenvalue weighted by Crippen LogP contribution is 2.12. The van der Waals surface area contributed by atoms with Crippen LogP contribution in [0.15, 0.2) is 0 Å². The predicted molar refractivity (Wildman–Crippen MR) is 50.0 cm³/mol. The molecular weight excluding hydrogens is 154 g/mol. The lowest BCUT2D eigenvalue weighted by Crippen LogP contribution is -2.43. The molecule has 0 unspecified atom stereocenters. The molecule has 0 aromatic carbocycles. The van der Waals surface area contributed by atoms with Gasteiger partial charge in [-0.05, 0) is 27.7 Å². The van der Waals surface area contributed by atoms with Crippen LogP contribution < -0.4 is 0 Å². The van der Waals surface area contributed by atoms with Crippen LogP contribution in [0.5, 0.6) is 0 Å². The standard InChI is InChI=1S/C9H21NO2/c1-6-12-8-10(7-11-5)9(2,3)4/h6-8H2,1-5H3. The number of hydrogen-bond donors (Lipinski definition) is 0. The second kappa shape index (κ2) is 5.51. The Bertz CT molecular complexity index is 110. The van der Waals surface area contributed by atoms with Crippen molar-refractivity contribution in [3.63, 3.8) is 0 Å². The van der Waals surface area contributed by atoms with Gasteiger partial charge in [-0.3, -0.25) is 4.90 Å². The van der Waals surface area contributed by atoms with Gasteiger partial charge in [0.2, 0.25) is 0 Å². The van der Waals surface area contributed by atoms with Crippen LogP contribution in [0.25, 0.3) is 0 Å². The van der Waals surface area contributed by atoms with E-state index < -0.39 is 0 Å². The van der Waals surface area contributed by atoms with Gasteiger partial charge >= 0.3 is 0 Å². The lowest BCUT2D eigenvalue weighted by atomic mass is 10.1. The summed E-state index contributed by atoms with van der Waals surface area (Å²) in [4.78, 5) is 2.14. The maximum atomic E-state index is 5.32. The lowest BCUT2D eigenvalue weighted by molar-refractivity contribution is -0.0722. The van der Waals surface area contributed by atoms with Crippen molar-refractivity contribution in [1.82, 2.24) is 4.90 Å². The van der Waals surface area contributed by atoms with Crippen molar-refractivity contribution in [3.05, 3.63) is 0 Å². The molecule has 0 saturated carbocycles. The molecule has 3 heteroatoms. The quantitative estimate of drug-likeness (QED) is 0.593. The fourth-order valence-electron chi connectivity index (χ4n) is 0.782. The van der Waals surface area contributed by atoms with Gasteiger partial charge in [0, 0.05) is 19.3 Å². The topological polar surface area (TPSA) is 21.7 Å². The van der Waals surface area contributed by atoms with Crippen LogP contribution in [0, 0.1) is 0 Å². The van der Waals surface area contributed by atoms with Gasteiger partial charge in [-0.2, -0.15) is 0 Å². The molecule has 0 aromatic rings. The Hall–Kier alpha value is -0.120. The van der Waals surface area contributed by atoms with E-state index >= 15 is 0 Å². The van der Waals surface area contributed by atoms with E-state index in [2.05, 4.69) is 25.7 Å². The first kappa shape index (κ1) is 11.9. The lowest BCUT2D eigenvalue weighted by Gasteiger charge is -2.34. The van der Waals surface area contributed by atoms with Gasteiger partial charge in [-0.1, -0.05) is 0 Å². The zero-order valence-corrected chi connectivity index (χ0v) is 8.89.